The second kappa shape index (κ2) is 8.10. The number of carbonyl (C=O) groups excluding carboxylic acids is 1. The molecule has 2 aliphatic rings. The third kappa shape index (κ3) is 4.28. The van der Waals surface area contributed by atoms with Crippen molar-refractivity contribution in [2.75, 3.05) is 27.9 Å². The smallest absolute Gasteiger partial charge is 0.381 e. The molecule has 1 atom stereocenters. The largest absolute Gasteiger partial charge is 0.433 e. The average Bonchev–Trinajstić information content (AvgIpc) is 2.67. The zero-order chi connectivity index (χ0) is 23.2. The molecule has 3 heterocycles. The van der Waals surface area contributed by atoms with Crippen LogP contribution in [0.25, 0.3) is 0 Å². The highest BCUT2D eigenvalue weighted by Gasteiger charge is 2.36. The zero-order valence-electron chi connectivity index (χ0n) is 18.3. The van der Waals surface area contributed by atoms with Gasteiger partial charge in [0.2, 0.25) is 11.9 Å². The standard InChI is InChI=1S/C21H26F3N7O/c1-10(2)17-19(32)29-16-11(3)26-20(30-18(16)31(17)4)28-14-7-13(8-14)27-12-5-6-15(25-9-12)21(22,23)24/h5-6,9-10,13-14,17,27H,7-8H2,1-4H3,(H,29,32)(H,26,28,30)/t13-,14+,17?. The molecular weight excluding hydrogens is 423 g/mol. The van der Waals surface area contributed by atoms with E-state index in [1.165, 1.54) is 12.3 Å². The van der Waals surface area contributed by atoms with Gasteiger partial charge in [-0.15, -0.1) is 0 Å². The molecule has 2 aromatic rings. The van der Waals surface area contributed by atoms with E-state index in [-0.39, 0.29) is 30.0 Å². The highest BCUT2D eigenvalue weighted by Crippen LogP contribution is 2.35. The third-order valence-corrected chi connectivity index (χ3v) is 5.87. The first-order valence-electron chi connectivity index (χ1n) is 10.5. The van der Waals surface area contributed by atoms with E-state index >= 15 is 0 Å². The highest BCUT2D eigenvalue weighted by molar-refractivity contribution is 6.03. The number of hydrogen-bond acceptors (Lipinski definition) is 7. The molecule has 1 saturated carbocycles. The maximum Gasteiger partial charge on any atom is 0.433 e. The van der Waals surface area contributed by atoms with Crippen molar-refractivity contribution in [2.45, 2.75) is 57.9 Å². The van der Waals surface area contributed by atoms with Crippen molar-refractivity contribution in [3.63, 3.8) is 0 Å². The Hall–Kier alpha value is -3.11. The Morgan fingerprint density at radius 2 is 1.84 bits per heavy atom. The monoisotopic (exact) mass is 449 g/mol. The van der Waals surface area contributed by atoms with E-state index in [0.29, 0.717) is 28.8 Å². The lowest BCUT2D eigenvalue weighted by Gasteiger charge is -2.38. The fourth-order valence-corrected chi connectivity index (χ4v) is 4.20. The van der Waals surface area contributed by atoms with Gasteiger partial charge in [-0.05, 0) is 37.8 Å². The maximum absolute atomic E-state index is 12.6. The van der Waals surface area contributed by atoms with Crippen LogP contribution in [0.2, 0.25) is 0 Å². The summed E-state index contributed by atoms with van der Waals surface area (Å²) in [5, 5.41) is 9.45. The molecule has 172 valence electrons. The van der Waals surface area contributed by atoms with Crippen LogP contribution in [-0.4, -0.2) is 46.0 Å². The van der Waals surface area contributed by atoms with Crippen molar-refractivity contribution in [1.82, 2.24) is 15.0 Å². The molecule has 0 bridgehead atoms. The second-order valence-electron chi connectivity index (χ2n) is 8.70. The van der Waals surface area contributed by atoms with Crippen molar-refractivity contribution >= 4 is 29.0 Å². The topological polar surface area (TPSA) is 95.1 Å². The normalized spacial score (nSPS) is 22.8. The molecule has 1 amide bonds. The first-order chi connectivity index (χ1) is 15.0. The van der Waals surface area contributed by atoms with E-state index in [0.717, 1.165) is 18.9 Å². The quantitative estimate of drug-likeness (QED) is 0.641. The van der Waals surface area contributed by atoms with Gasteiger partial charge in [0.1, 0.15) is 17.4 Å². The van der Waals surface area contributed by atoms with Gasteiger partial charge in [-0.25, -0.2) is 9.97 Å². The first-order valence-corrected chi connectivity index (χ1v) is 10.5. The number of carbonyl (C=O) groups is 1. The van der Waals surface area contributed by atoms with Crippen LogP contribution < -0.4 is 20.9 Å². The summed E-state index contributed by atoms with van der Waals surface area (Å²) < 4.78 is 37.9. The first kappa shape index (κ1) is 22.1. The molecule has 2 aromatic heterocycles. The summed E-state index contributed by atoms with van der Waals surface area (Å²) in [6.07, 6.45) is -1.71. The van der Waals surface area contributed by atoms with Crippen LogP contribution in [0.3, 0.4) is 0 Å². The number of amides is 1. The molecule has 1 aliphatic heterocycles. The van der Waals surface area contributed by atoms with E-state index in [1.54, 1.807) is 0 Å². The molecule has 0 radical (unpaired) electrons. The summed E-state index contributed by atoms with van der Waals surface area (Å²) in [6, 6.07) is 2.31. The number of aryl methyl sites for hydroxylation is 1. The zero-order valence-corrected chi connectivity index (χ0v) is 18.3. The predicted molar refractivity (Wildman–Crippen MR) is 116 cm³/mol. The maximum atomic E-state index is 12.6. The molecule has 0 aromatic carbocycles. The number of aromatic nitrogens is 3. The van der Waals surface area contributed by atoms with Gasteiger partial charge >= 0.3 is 6.18 Å². The minimum absolute atomic E-state index is 0.0620. The number of nitrogens with one attached hydrogen (secondary N) is 3. The van der Waals surface area contributed by atoms with E-state index in [4.69, 9.17) is 0 Å². The molecule has 32 heavy (non-hydrogen) atoms. The minimum atomic E-state index is -4.44. The number of rotatable bonds is 5. The molecular formula is C21H26F3N7O. The number of nitrogens with zero attached hydrogens (tertiary/aromatic N) is 4. The summed E-state index contributed by atoms with van der Waals surface area (Å²) in [5.74, 6) is 1.24. The third-order valence-electron chi connectivity index (χ3n) is 5.87. The highest BCUT2D eigenvalue weighted by atomic mass is 19.4. The number of hydrogen-bond donors (Lipinski definition) is 3. The Labute approximate surface area is 184 Å². The molecule has 8 nitrogen and oxygen atoms in total. The number of anilines is 4. The number of halogens is 3. The lowest BCUT2D eigenvalue weighted by molar-refractivity contribution is -0.141. The van der Waals surface area contributed by atoms with Gasteiger partial charge in [0.05, 0.1) is 17.6 Å². The van der Waals surface area contributed by atoms with E-state index in [9.17, 15) is 18.0 Å². The van der Waals surface area contributed by atoms with Crippen molar-refractivity contribution in [2.24, 2.45) is 5.92 Å². The molecule has 1 aliphatic carbocycles. The lowest BCUT2D eigenvalue weighted by atomic mass is 9.86. The Kier molecular flexibility index (Phi) is 5.59. The Morgan fingerprint density at radius 3 is 2.44 bits per heavy atom. The van der Waals surface area contributed by atoms with Crippen LogP contribution in [0.4, 0.5) is 36.3 Å². The van der Waals surface area contributed by atoms with Crippen LogP contribution >= 0.6 is 0 Å². The van der Waals surface area contributed by atoms with Crippen molar-refractivity contribution < 1.29 is 18.0 Å². The van der Waals surface area contributed by atoms with E-state index < -0.39 is 11.9 Å². The van der Waals surface area contributed by atoms with Gasteiger partial charge in [0.25, 0.3) is 0 Å². The van der Waals surface area contributed by atoms with Crippen molar-refractivity contribution in [3.05, 3.63) is 29.7 Å². The Bertz CT molecular complexity index is 1000. The second-order valence-corrected chi connectivity index (χ2v) is 8.70. The van der Waals surface area contributed by atoms with E-state index in [2.05, 4.69) is 30.9 Å². The predicted octanol–water partition coefficient (Wildman–Crippen LogP) is 3.67. The minimum Gasteiger partial charge on any atom is -0.381 e. The van der Waals surface area contributed by atoms with Crippen LogP contribution in [0.1, 0.15) is 38.1 Å². The van der Waals surface area contributed by atoms with Gasteiger partial charge in [-0.1, -0.05) is 13.8 Å². The number of pyridine rings is 1. The summed E-state index contributed by atoms with van der Waals surface area (Å²) >= 11 is 0. The number of fused-ring (bicyclic) bond motifs is 1. The average molecular weight is 449 g/mol. The molecule has 0 saturated heterocycles. The van der Waals surface area contributed by atoms with E-state index in [1.807, 2.05) is 32.7 Å². The van der Waals surface area contributed by atoms with Crippen LogP contribution in [0.5, 0.6) is 0 Å². The van der Waals surface area contributed by atoms with Gasteiger partial charge in [0.15, 0.2) is 5.82 Å². The molecule has 4 rings (SSSR count). The molecule has 3 N–H and O–H groups in total. The Balaban J connectivity index is 1.37. The Morgan fingerprint density at radius 1 is 1.16 bits per heavy atom. The van der Waals surface area contributed by atoms with Crippen molar-refractivity contribution in [3.8, 4) is 0 Å². The van der Waals surface area contributed by atoms with Crippen molar-refractivity contribution in [1.29, 1.82) is 0 Å². The number of alkyl halides is 3. The molecule has 1 unspecified atom stereocenters. The summed E-state index contributed by atoms with van der Waals surface area (Å²) in [7, 11) is 1.86. The van der Waals surface area contributed by atoms with Gasteiger partial charge in [0, 0.05) is 19.1 Å². The van der Waals surface area contributed by atoms with Crippen LogP contribution in [-0.2, 0) is 11.0 Å². The summed E-state index contributed by atoms with van der Waals surface area (Å²) in [4.78, 5) is 26.9. The fourth-order valence-electron chi connectivity index (χ4n) is 4.20. The fraction of sp³-hybridized carbons (Fsp3) is 0.524. The lowest BCUT2D eigenvalue weighted by Crippen LogP contribution is -2.50. The van der Waals surface area contributed by atoms with Crippen LogP contribution in [0, 0.1) is 12.8 Å². The SMILES string of the molecule is Cc1nc(N[C@H]2C[C@@H](Nc3ccc(C(F)(F)F)nc3)C2)nc2c1NC(=O)C(C(C)C)N2C. The van der Waals surface area contributed by atoms with Gasteiger partial charge in [-0.3, -0.25) is 4.79 Å². The number of likely N-dealkylation sites (N-methyl/N-ethyl adjacent to an activating group) is 1. The molecule has 1 fully saturated rings. The molecule has 11 heteroatoms. The van der Waals surface area contributed by atoms with Crippen LogP contribution in [0.15, 0.2) is 18.3 Å². The summed E-state index contributed by atoms with van der Waals surface area (Å²) in [5.41, 5.74) is 0.962. The molecule has 0 spiro atoms. The van der Waals surface area contributed by atoms with Gasteiger partial charge < -0.3 is 20.9 Å². The summed E-state index contributed by atoms with van der Waals surface area (Å²) in [6.45, 7) is 5.82. The van der Waals surface area contributed by atoms with Gasteiger partial charge in [-0.2, -0.15) is 18.2 Å².